The second kappa shape index (κ2) is 6.29. The zero-order valence-electron chi connectivity index (χ0n) is 11.5. The molecule has 8 heteroatoms. The summed E-state index contributed by atoms with van der Waals surface area (Å²) >= 11 is 5.58. The fourth-order valence-corrected chi connectivity index (χ4v) is 3.67. The molecule has 1 heterocycles. The Morgan fingerprint density at radius 3 is 2.57 bits per heavy atom. The Balaban J connectivity index is 2.12. The summed E-state index contributed by atoms with van der Waals surface area (Å²) in [6.45, 7) is 2.78. The number of rotatable bonds is 4. The number of amides is 1. The molecule has 0 aromatic heterocycles. The highest BCUT2D eigenvalue weighted by Crippen LogP contribution is 2.19. The molecule has 0 spiro atoms. The molecule has 1 aromatic carbocycles. The number of benzene rings is 1. The van der Waals surface area contributed by atoms with Gasteiger partial charge in [-0.3, -0.25) is 4.79 Å². The van der Waals surface area contributed by atoms with Crippen LogP contribution < -0.4 is 4.72 Å². The molecule has 2 rings (SSSR count). The highest BCUT2D eigenvalue weighted by molar-refractivity contribution is 7.89. The number of likely N-dealkylation sites (tertiary alicyclic amines) is 1. The third kappa shape index (κ3) is 3.72. The van der Waals surface area contributed by atoms with E-state index in [0.29, 0.717) is 13.1 Å². The van der Waals surface area contributed by atoms with Crippen molar-refractivity contribution in [1.29, 1.82) is 0 Å². The Morgan fingerprint density at radius 2 is 2.00 bits per heavy atom. The van der Waals surface area contributed by atoms with Gasteiger partial charge in [-0.25, -0.2) is 12.8 Å². The van der Waals surface area contributed by atoms with Crippen LogP contribution in [0.25, 0.3) is 0 Å². The van der Waals surface area contributed by atoms with E-state index in [2.05, 4.69) is 4.72 Å². The molecule has 1 atom stereocenters. The summed E-state index contributed by atoms with van der Waals surface area (Å²) < 4.78 is 39.7. The van der Waals surface area contributed by atoms with Crippen molar-refractivity contribution in [1.82, 2.24) is 9.62 Å². The topological polar surface area (TPSA) is 66.5 Å². The molecule has 1 saturated heterocycles. The molecule has 1 aliphatic heterocycles. The fourth-order valence-electron chi connectivity index (χ4n) is 2.21. The van der Waals surface area contributed by atoms with Gasteiger partial charge in [0, 0.05) is 13.1 Å². The lowest BCUT2D eigenvalue weighted by molar-refractivity contribution is -0.131. The van der Waals surface area contributed by atoms with Crippen LogP contribution in [0.4, 0.5) is 4.39 Å². The first-order valence-corrected chi connectivity index (χ1v) is 8.43. The molecule has 0 saturated carbocycles. The average molecular weight is 335 g/mol. The smallest absolute Gasteiger partial charge is 0.241 e. The van der Waals surface area contributed by atoms with E-state index in [1.807, 2.05) is 0 Å². The molecule has 1 fully saturated rings. The minimum atomic E-state index is -3.92. The lowest BCUT2D eigenvalue weighted by Gasteiger charge is -2.21. The standard InChI is InChI=1S/C13H16ClFN2O3S/c1-9(13(18)17-6-2-3-7-17)16-21(19,20)10-4-5-12(15)11(14)8-10/h4-5,8-9,16H,2-3,6-7H2,1H3/t9-/m1/s1. The van der Waals surface area contributed by atoms with Crippen molar-refractivity contribution in [2.24, 2.45) is 0 Å². The minimum Gasteiger partial charge on any atom is -0.341 e. The van der Waals surface area contributed by atoms with Gasteiger partial charge in [0.05, 0.1) is 16.0 Å². The number of nitrogens with one attached hydrogen (secondary N) is 1. The largest absolute Gasteiger partial charge is 0.341 e. The van der Waals surface area contributed by atoms with Crippen molar-refractivity contribution >= 4 is 27.5 Å². The van der Waals surface area contributed by atoms with Crippen LogP contribution in [0.1, 0.15) is 19.8 Å². The molecule has 0 radical (unpaired) electrons. The summed E-state index contributed by atoms with van der Waals surface area (Å²) in [5, 5.41) is -0.281. The number of halogens is 2. The molecule has 5 nitrogen and oxygen atoms in total. The Kier molecular flexibility index (Phi) is 4.85. The van der Waals surface area contributed by atoms with Gasteiger partial charge in [-0.1, -0.05) is 11.6 Å². The highest BCUT2D eigenvalue weighted by Gasteiger charge is 2.27. The van der Waals surface area contributed by atoms with Crippen molar-refractivity contribution in [2.75, 3.05) is 13.1 Å². The van der Waals surface area contributed by atoms with Gasteiger partial charge < -0.3 is 4.90 Å². The fraction of sp³-hybridized carbons (Fsp3) is 0.462. The zero-order chi connectivity index (χ0) is 15.6. The van der Waals surface area contributed by atoms with E-state index in [1.54, 1.807) is 4.90 Å². The summed E-state index contributed by atoms with van der Waals surface area (Å²) in [5.41, 5.74) is 0. The molecule has 116 valence electrons. The summed E-state index contributed by atoms with van der Waals surface area (Å²) in [6, 6.07) is 2.23. The molecule has 0 aliphatic carbocycles. The van der Waals surface area contributed by atoms with Gasteiger partial charge in [0.15, 0.2) is 0 Å². The van der Waals surface area contributed by atoms with Crippen LogP contribution >= 0.6 is 11.6 Å². The predicted octanol–water partition coefficient (Wildman–Crippen LogP) is 1.77. The van der Waals surface area contributed by atoms with Gasteiger partial charge in [-0.05, 0) is 38.0 Å². The molecule has 0 bridgehead atoms. The van der Waals surface area contributed by atoms with Crippen LogP contribution in [0.15, 0.2) is 23.1 Å². The van der Waals surface area contributed by atoms with Gasteiger partial charge in [0.2, 0.25) is 15.9 Å². The van der Waals surface area contributed by atoms with Crippen molar-refractivity contribution in [2.45, 2.75) is 30.7 Å². The van der Waals surface area contributed by atoms with Crippen LogP contribution in [-0.2, 0) is 14.8 Å². The average Bonchev–Trinajstić information content (AvgIpc) is 2.94. The Hall–Kier alpha value is -1.18. The number of sulfonamides is 1. The highest BCUT2D eigenvalue weighted by atomic mass is 35.5. The summed E-state index contributed by atoms with van der Waals surface area (Å²) in [5.74, 6) is -0.957. The third-order valence-electron chi connectivity index (χ3n) is 3.32. The normalized spacial score (nSPS) is 17.0. The molecule has 21 heavy (non-hydrogen) atoms. The first kappa shape index (κ1) is 16.2. The summed E-state index contributed by atoms with van der Waals surface area (Å²) in [4.78, 5) is 13.5. The lowest BCUT2D eigenvalue weighted by Crippen LogP contribution is -2.45. The van der Waals surface area contributed by atoms with Crippen molar-refractivity contribution < 1.29 is 17.6 Å². The van der Waals surface area contributed by atoms with E-state index in [9.17, 15) is 17.6 Å². The van der Waals surface area contributed by atoms with Crippen LogP contribution in [0.2, 0.25) is 5.02 Å². The maximum absolute atomic E-state index is 13.1. The van der Waals surface area contributed by atoms with Crippen LogP contribution in [0, 0.1) is 5.82 Å². The second-order valence-corrected chi connectivity index (χ2v) is 7.07. The number of carbonyl (C=O) groups is 1. The Bertz CT molecular complexity index is 645. The van der Waals surface area contributed by atoms with Crippen LogP contribution in [0.5, 0.6) is 0 Å². The molecular weight excluding hydrogens is 319 g/mol. The zero-order valence-corrected chi connectivity index (χ0v) is 13.0. The molecule has 0 unspecified atom stereocenters. The minimum absolute atomic E-state index is 0.171. The van der Waals surface area contributed by atoms with Gasteiger partial charge in [-0.2, -0.15) is 4.72 Å². The SMILES string of the molecule is C[C@@H](NS(=O)(=O)c1ccc(F)c(Cl)c1)C(=O)N1CCCC1. The van der Waals surface area contributed by atoms with Gasteiger partial charge in [-0.15, -0.1) is 0 Å². The molecule has 1 amide bonds. The Morgan fingerprint density at radius 1 is 1.38 bits per heavy atom. The first-order chi connectivity index (χ1) is 9.81. The van der Waals surface area contributed by atoms with Gasteiger partial charge >= 0.3 is 0 Å². The molecule has 1 aliphatic rings. The first-order valence-electron chi connectivity index (χ1n) is 6.57. The molecular formula is C13H16ClFN2O3S. The summed E-state index contributed by atoms with van der Waals surface area (Å²) in [7, 11) is -3.92. The monoisotopic (exact) mass is 334 g/mol. The van der Waals surface area contributed by atoms with Gasteiger partial charge in [0.1, 0.15) is 5.82 Å². The van der Waals surface area contributed by atoms with E-state index < -0.39 is 21.9 Å². The maximum atomic E-state index is 13.1. The third-order valence-corrected chi connectivity index (χ3v) is 5.15. The number of hydrogen-bond acceptors (Lipinski definition) is 3. The van der Waals surface area contributed by atoms with Crippen molar-refractivity contribution in [3.8, 4) is 0 Å². The van der Waals surface area contributed by atoms with Crippen LogP contribution in [0.3, 0.4) is 0 Å². The Labute approximate surface area is 128 Å². The van der Waals surface area contributed by atoms with Gasteiger partial charge in [0.25, 0.3) is 0 Å². The van der Waals surface area contributed by atoms with Crippen molar-refractivity contribution in [3.63, 3.8) is 0 Å². The van der Waals surface area contributed by atoms with Crippen molar-refractivity contribution in [3.05, 3.63) is 29.0 Å². The maximum Gasteiger partial charge on any atom is 0.241 e. The summed E-state index contributed by atoms with van der Waals surface area (Å²) in [6.07, 6.45) is 1.86. The predicted molar refractivity (Wildman–Crippen MR) is 77.0 cm³/mol. The second-order valence-electron chi connectivity index (χ2n) is 4.95. The van der Waals surface area contributed by atoms with E-state index in [0.717, 1.165) is 31.0 Å². The van der Waals surface area contributed by atoms with E-state index >= 15 is 0 Å². The van der Waals surface area contributed by atoms with E-state index in [-0.39, 0.29) is 15.8 Å². The lowest BCUT2D eigenvalue weighted by atomic mass is 10.3. The number of carbonyl (C=O) groups excluding carboxylic acids is 1. The molecule has 1 N–H and O–H groups in total. The van der Waals surface area contributed by atoms with E-state index in [1.165, 1.54) is 6.92 Å². The quantitative estimate of drug-likeness (QED) is 0.912. The number of nitrogens with zero attached hydrogens (tertiary/aromatic N) is 1. The molecule has 1 aromatic rings. The van der Waals surface area contributed by atoms with Crippen LogP contribution in [-0.4, -0.2) is 38.4 Å². The number of hydrogen-bond donors (Lipinski definition) is 1. The van der Waals surface area contributed by atoms with E-state index in [4.69, 9.17) is 11.6 Å².